The number of anilines is 1. The van der Waals surface area contributed by atoms with E-state index in [1.807, 2.05) is 12.1 Å². The number of alkyl halides is 1. The molecular formula is C14H19BrClNO. The number of rotatable bonds is 4. The molecule has 0 N–H and O–H groups in total. The van der Waals surface area contributed by atoms with Gasteiger partial charge < -0.3 is 9.64 Å². The van der Waals surface area contributed by atoms with Crippen LogP contribution in [0, 0.1) is 5.92 Å². The number of hydrogen-bond donors (Lipinski definition) is 0. The summed E-state index contributed by atoms with van der Waals surface area (Å²) < 4.78 is 5.28. The number of benzene rings is 1. The van der Waals surface area contributed by atoms with Gasteiger partial charge in [-0.3, -0.25) is 0 Å². The molecule has 0 saturated carbocycles. The average molecular weight is 333 g/mol. The molecule has 0 aliphatic carbocycles. The van der Waals surface area contributed by atoms with Crippen molar-refractivity contribution >= 4 is 33.2 Å². The van der Waals surface area contributed by atoms with Gasteiger partial charge in [-0.2, -0.15) is 0 Å². The molecule has 1 fully saturated rings. The maximum atomic E-state index is 6.26. The van der Waals surface area contributed by atoms with Gasteiger partial charge in [0.25, 0.3) is 0 Å². The van der Waals surface area contributed by atoms with E-state index in [2.05, 4.69) is 26.9 Å². The van der Waals surface area contributed by atoms with Crippen molar-refractivity contribution in [3.63, 3.8) is 0 Å². The fourth-order valence-corrected chi connectivity index (χ4v) is 3.62. The quantitative estimate of drug-likeness (QED) is 0.770. The van der Waals surface area contributed by atoms with Crippen LogP contribution in [0.15, 0.2) is 18.2 Å². The molecule has 100 valence electrons. The van der Waals surface area contributed by atoms with Gasteiger partial charge >= 0.3 is 0 Å². The highest BCUT2D eigenvalue weighted by atomic mass is 79.9. The molecule has 2 rings (SSSR count). The monoisotopic (exact) mass is 331 g/mol. The van der Waals surface area contributed by atoms with Crippen molar-refractivity contribution in [1.82, 2.24) is 0 Å². The lowest BCUT2D eigenvalue weighted by Gasteiger charge is -2.35. The molecule has 4 heteroatoms. The predicted octanol–water partition coefficient (Wildman–Crippen LogP) is 4.10. The van der Waals surface area contributed by atoms with E-state index in [0.717, 1.165) is 30.0 Å². The third-order valence-electron chi connectivity index (χ3n) is 3.49. The summed E-state index contributed by atoms with van der Waals surface area (Å²) in [5, 5.41) is 1.64. The first-order valence-corrected chi connectivity index (χ1v) is 7.83. The highest BCUT2D eigenvalue weighted by Crippen LogP contribution is 2.32. The van der Waals surface area contributed by atoms with Gasteiger partial charge in [0.2, 0.25) is 0 Å². The number of ether oxygens (including phenoxy) is 1. The second-order valence-electron chi connectivity index (χ2n) is 4.78. The lowest BCUT2D eigenvalue weighted by molar-refractivity contribution is 0.143. The Bertz CT molecular complexity index is 397. The van der Waals surface area contributed by atoms with Crippen molar-refractivity contribution in [2.24, 2.45) is 5.92 Å². The summed E-state index contributed by atoms with van der Waals surface area (Å²) in [6, 6.07) is 6.15. The Kier molecular flexibility index (Phi) is 5.34. The summed E-state index contributed by atoms with van der Waals surface area (Å²) in [4.78, 5) is 2.44. The molecule has 1 aromatic carbocycles. The molecule has 1 saturated heterocycles. The zero-order valence-corrected chi connectivity index (χ0v) is 13.0. The molecule has 0 amide bonds. The standard InChI is InChI=1S/C14H19BrClNO/c1-18-10-11-4-3-7-17(9-11)14-6-2-5-13(16)12(14)8-15/h2,5-6,11H,3-4,7-10H2,1H3. The van der Waals surface area contributed by atoms with Gasteiger partial charge in [-0.05, 0) is 30.9 Å². The summed E-state index contributed by atoms with van der Waals surface area (Å²) >= 11 is 9.80. The summed E-state index contributed by atoms with van der Waals surface area (Å²) in [7, 11) is 1.78. The summed E-state index contributed by atoms with van der Waals surface area (Å²) in [6.07, 6.45) is 2.48. The van der Waals surface area contributed by atoms with Crippen LogP contribution in [0.3, 0.4) is 0 Å². The number of piperidine rings is 1. The molecule has 0 bridgehead atoms. The third-order valence-corrected chi connectivity index (χ3v) is 4.40. The van der Waals surface area contributed by atoms with Gasteiger partial charge in [0.05, 0.1) is 6.61 Å². The maximum Gasteiger partial charge on any atom is 0.0507 e. The number of hydrogen-bond acceptors (Lipinski definition) is 2. The molecule has 1 aliphatic rings. The predicted molar refractivity (Wildman–Crippen MR) is 80.9 cm³/mol. The second-order valence-corrected chi connectivity index (χ2v) is 5.75. The van der Waals surface area contributed by atoms with Crippen LogP contribution in [-0.2, 0) is 10.1 Å². The summed E-state index contributed by atoms with van der Waals surface area (Å²) in [6.45, 7) is 3.02. The fraction of sp³-hybridized carbons (Fsp3) is 0.571. The van der Waals surface area contributed by atoms with Crippen LogP contribution in [0.1, 0.15) is 18.4 Å². The second kappa shape index (κ2) is 6.78. The minimum atomic E-state index is 0.630. The number of methoxy groups -OCH3 is 1. The first-order valence-electron chi connectivity index (χ1n) is 6.33. The van der Waals surface area contributed by atoms with E-state index in [1.54, 1.807) is 7.11 Å². The minimum absolute atomic E-state index is 0.630. The molecule has 1 unspecified atom stereocenters. The third kappa shape index (κ3) is 3.19. The summed E-state index contributed by atoms with van der Waals surface area (Å²) in [5.74, 6) is 0.630. The van der Waals surface area contributed by atoms with Crippen LogP contribution >= 0.6 is 27.5 Å². The van der Waals surface area contributed by atoms with Gasteiger partial charge in [-0.1, -0.05) is 33.6 Å². The van der Waals surface area contributed by atoms with Gasteiger partial charge in [-0.15, -0.1) is 0 Å². The van der Waals surface area contributed by atoms with Crippen LogP contribution < -0.4 is 4.90 Å². The fourth-order valence-electron chi connectivity index (χ4n) is 2.63. The van der Waals surface area contributed by atoms with Crippen molar-refractivity contribution in [1.29, 1.82) is 0 Å². The van der Waals surface area contributed by atoms with Crippen LogP contribution in [0.25, 0.3) is 0 Å². The molecule has 1 atom stereocenters. The zero-order chi connectivity index (χ0) is 13.0. The van der Waals surface area contributed by atoms with Gasteiger partial charge in [0.1, 0.15) is 0 Å². The number of halogens is 2. The Morgan fingerprint density at radius 1 is 1.50 bits per heavy atom. The highest BCUT2D eigenvalue weighted by molar-refractivity contribution is 9.08. The molecule has 1 heterocycles. The van der Waals surface area contributed by atoms with Crippen molar-refractivity contribution < 1.29 is 4.74 Å². The molecule has 0 aromatic heterocycles. The van der Waals surface area contributed by atoms with Crippen molar-refractivity contribution in [3.05, 3.63) is 28.8 Å². The molecule has 2 nitrogen and oxygen atoms in total. The lowest BCUT2D eigenvalue weighted by Crippen LogP contribution is -2.37. The van der Waals surface area contributed by atoms with Crippen LogP contribution in [-0.4, -0.2) is 26.8 Å². The Hall–Kier alpha value is -0.250. The SMILES string of the molecule is COCC1CCCN(c2cccc(Cl)c2CBr)C1. The Morgan fingerprint density at radius 3 is 3.06 bits per heavy atom. The van der Waals surface area contributed by atoms with E-state index in [0.29, 0.717) is 5.92 Å². The van der Waals surface area contributed by atoms with E-state index in [9.17, 15) is 0 Å². The van der Waals surface area contributed by atoms with Crippen LogP contribution in [0.4, 0.5) is 5.69 Å². The average Bonchev–Trinajstić information content (AvgIpc) is 2.39. The molecular weight excluding hydrogens is 314 g/mol. The maximum absolute atomic E-state index is 6.26. The Morgan fingerprint density at radius 2 is 2.33 bits per heavy atom. The van der Waals surface area contributed by atoms with Gasteiger partial charge in [-0.25, -0.2) is 0 Å². The summed E-state index contributed by atoms with van der Waals surface area (Å²) in [5.41, 5.74) is 2.46. The Labute approximate surface area is 122 Å². The smallest absolute Gasteiger partial charge is 0.0507 e. The lowest BCUT2D eigenvalue weighted by atomic mass is 9.98. The minimum Gasteiger partial charge on any atom is -0.384 e. The largest absolute Gasteiger partial charge is 0.384 e. The van der Waals surface area contributed by atoms with E-state index in [4.69, 9.17) is 16.3 Å². The molecule has 18 heavy (non-hydrogen) atoms. The van der Waals surface area contributed by atoms with E-state index in [1.165, 1.54) is 24.1 Å². The van der Waals surface area contributed by atoms with Gasteiger partial charge in [0.15, 0.2) is 0 Å². The van der Waals surface area contributed by atoms with E-state index >= 15 is 0 Å². The van der Waals surface area contributed by atoms with Gasteiger partial charge in [0, 0.05) is 41.8 Å². The van der Waals surface area contributed by atoms with Crippen molar-refractivity contribution in [2.45, 2.75) is 18.2 Å². The Balaban J connectivity index is 2.18. The first kappa shape index (κ1) is 14.2. The number of nitrogens with zero attached hydrogens (tertiary/aromatic N) is 1. The molecule has 1 aromatic rings. The first-order chi connectivity index (χ1) is 8.76. The van der Waals surface area contributed by atoms with Crippen LogP contribution in [0.2, 0.25) is 5.02 Å². The zero-order valence-electron chi connectivity index (χ0n) is 10.7. The highest BCUT2D eigenvalue weighted by Gasteiger charge is 2.22. The van der Waals surface area contributed by atoms with E-state index in [-0.39, 0.29) is 0 Å². The molecule has 0 radical (unpaired) electrons. The van der Waals surface area contributed by atoms with Crippen LogP contribution in [0.5, 0.6) is 0 Å². The van der Waals surface area contributed by atoms with Crippen molar-refractivity contribution in [3.8, 4) is 0 Å². The molecule has 1 aliphatic heterocycles. The van der Waals surface area contributed by atoms with Crippen molar-refractivity contribution in [2.75, 3.05) is 31.7 Å². The normalized spacial score (nSPS) is 20.2. The van der Waals surface area contributed by atoms with E-state index < -0.39 is 0 Å². The topological polar surface area (TPSA) is 12.5 Å². The molecule has 0 spiro atoms.